The molecule has 0 N–H and O–H groups in total. The summed E-state index contributed by atoms with van der Waals surface area (Å²) in [5.41, 5.74) is 0. The number of carbonyl (C=O) groups excluding carboxylic acids is 1. The predicted octanol–water partition coefficient (Wildman–Crippen LogP) is 2.87. The van der Waals surface area contributed by atoms with E-state index >= 15 is 0 Å². The Balaban J connectivity index is 1.70. The molecule has 16 heavy (non-hydrogen) atoms. The average molecular weight is 223 g/mol. The van der Waals surface area contributed by atoms with Gasteiger partial charge in [-0.3, -0.25) is 4.79 Å². The van der Waals surface area contributed by atoms with E-state index < -0.39 is 0 Å². The van der Waals surface area contributed by atoms with E-state index in [0.29, 0.717) is 11.7 Å². The number of hydrogen-bond acceptors (Lipinski definition) is 2. The Morgan fingerprint density at radius 2 is 1.81 bits per heavy atom. The van der Waals surface area contributed by atoms with Crippen molar-refractivity contribution < 1.29 is 4.79 Å². The van der Waals surface area contributed by atoms with E-state index in [1.807, 2.05) is 0 Å². The van der Waals surface area contributed by atoms with Crippen LogP contribution in [0.1, 0.15) is 51.4 Å². The molecule has 0 saturated heterocycles. The molecule has 0 aromatic heterocycles. The molecule has 0 heterocycles. The fourth-order valence-electron chi connectivity index (χ4n) is 3.34. The van der Waals surface area contributed by atoms with Crippen LogP contribution in [-0.2, 0) is 4.79 Å². The minimum absolute atomic E-state index is 0.355. The van der Waals surface area contributed by atoms with Gasteiger partial charge in [-0.15, -0.1) is 0 Å². The lowest BCUT2D eigenvalue weighted by Crippen LogP contribution is -2.32. The molecule has 1 atom stereocenters. The third-order valence-electron chi connectivity index (χ3n) is 4.26. The van der Waals surface area contributed by atoms with Crippen molar-refractivity contribution in [3.05, 3.63) is 0 Å². The van der Waals surface area contributed by atoms with E-state index in [4.69, 9.17) is 0 Å². The molecule has 92 valence electrons. The summed E-state index contributed by atoms with van der Waals surface area (Å²) in [6, 6.07) is 0. The van der Waals surface area contributed by atoms with E-state index in [2.05, 4.69) is 11.9 Å². The molecule has 0 aromatic carbocycles. The van der Waals surface area contributed by atoms with Crippen molar-refractivity contribution in [2.24, 2.45) is 11.8 Å². The van der Waals surface area contributed by atoms with Crippen LogP contribution in [0, 0.1) is 11.8 Å². The van der Waals surface area contributed by atoms with Crippen molar-refractivity contribution in [3.63, 3.8) is 0 Å². The summed E-state index contributed by atoms with van der Waals surface area (Å²) in [5.74, 6) is 1.76. The average Bonchev–Trinajstić information content (AvgIpc) is 2.66. The Morgan fingerprint density at radius 1 is 1.06 bits per heavy atom. The third kappa shape index (κ3) is 3.31. The molecule has 0 spiro atoms. The van der Waals surface area contributed by atoms with Gasteiger partial charge in [0.1, 0.15) is 5.78 Å². The number of rotatable bonds is 4. The highest BCUT2D eigenvalue weighted by molar-refractivity contribution is 5.83. The second-order valence-electron chi connectivity index (χ2n) is 5.78. The zero-order valence-corrected chi connectivity index (χ0v) is 10.6. The summed E-state index contributed by atoms with van der Waals surface area (Å²) in [6.07, 6.45) is 10.2. The molecule has 0 bridgehead atoms. The monoisotopic (exact) mass is 223 g/mol. The molecule has 2 nitrogen and oxygen atoms in total. The summed E-state index contributed by atoms with van der Waals surface area (Å²) in [7, 11) is 2.19. The van der Waals surface area contributed by atoms with Gasteiger partial charge in [-0.05, 0) is 38.6 Å². The van der Waals surface area contributed by atoms with Gasteiger partial charge in [-0.1, -0.05) is 19.3 Å². The van der Waals surface area contributed by atoms with E-state index in [1.54, 1.807) is 0 Å². The van der Waals surface area contributed by atoms with Gasteiger partial charge in [0.15, 0.2) is 0 Å². The first-order valence-corrected chi connectivity index (χ1v) is 6.97. The van der Waals surface area contributed by atoms with Gasteiger partial charge in [0.25, 0.3) is 0 Å². The molecule has 0 aromatic rings. The largest absolute Gasteiger partial charge is 0.305 e. The maximum absolute atomic E-state index is 11.6. The van der Waals surface area contributed by atoms with Crippen LogP contribution < -0.4 is 0 Å². The summed E-state index contributed by atoms with van der Waals surface area (Å²) in [5, 5.41) is 0. The highest BCUT2D eigenvalue weighted by atomic mass is 16.1. The van der Waals surface area contributed by atoms with Crippen molar-refractivity contribution >= 4 is 5.78 Å². The molecule has 0 amide bonds. The molecular weight excluding hydrogens is 198 g/mol. The standard InChI is InChI=1S/C14H25NO/c1-15(10-12-6-3-2-4-7-12)11-13-8-5-9-14(13)16/h12-13H,2-11H2,1H3. The van der Waals surface area contributed by atoms with Gasteiger partial charge >= 0.3 is 0 Å². The summed E-state index contributed by atoms with van der Waals surface area (Å²) >= 11 is 0. The van der Waals surface area contributed by atoms with E-state index in [-0.39, 0.29) is 0 Å². The number of hydrogen-bond donors (Lipinski definition) is 0. The van der Waals surface area contributed by atoms with Gasteiger partial charge in [0, 0.05) is 25.4 Å². The molecular formula is C14H25NO. The van der Waals surface area contributed by atoms with Crippen molar-refractivity contribution in [3.8, 4) is 0 Å². The molecule has 1 unspecified atom stereocenters. The molecule has 2 heteroatoms. The Bertz CT molecular complexity index is 233. The van der Waals surface area contributed by atoms with Gasteiger partial charge < -0.3 is 4.90 Å². The van der Waals surface area contributed by atoms with Crippen LogP contribution in [-0.4, -0.2) is 30.8 Å². The van der Waals surface area contributed by atoms with Crippen LogP contribution in [0.15, 0.2) is 0 Å². The van der Waals surface area contributed by atoms with E-state index in [9.17, 15) is 4.79 Å². The maximum Gasteiger partial charge on any atom is 0.137 e. The smallest absolute Gasteiger partial charge is 0.137 e. The molecule has 2 aliphatic carbocycles. The van der Waals surface area contributed by atoms with Crippen LogP contribution in [0.2, 0.25) is 0 Å². The minimum Gasteiger partial charge on any atom is -0.305 e. The van der Waals surface area contributed by atoms with Crippen LogP contribution >= 0.6 is 0 Å². The summed E-state index contributed by atoms with van der Waals surface area (Å²) in [6.45, 7) is 2.22. The maximum atomic E-state index is 11.6. The van der Waals surface area contributed by atoms with Gasteiger partial charge in [0.2, 0.25) is 0 Å². The van der Waals surface area contributed by atoms with E-state index in [0.717, 1.165) is 31.7 Å². The van der Waals surface area contributed by atoms with Crippen molar-refractivity contribution in [2.75, 3.05) is 20.1 Å². The molecule has 2 rings (SSSR count). The molecule has 0 radical (unpaired) electrons. The summed E-state index contributed by atoms with van der Waals surface area (Å²) < 4.78 is 0. The number of carbonyl (C=O) groups is 1. The second kappa shape index (κ2) is 5.81. The van der Waals surface area contributed by atoms with Gasteiger partial charge in [0.05, 0.1) is 0 Å². The first kappa shape index (κ1) is 12.1. The topological polar surface area (TPSA) is 20.3 Å². The lowest BCUT2D eigenvalue weighted by molar-refractivity contribution is -0.121. The SMILES string of the molecule is CN(CC1CCCCC1)CC1CCCC1=O. The van der Waals surface area contributed by atoms with Gasteiger partial charge in [-0.2, -0.15) is 0 Å². The van der Waals surface area contributed by atoms with Crippen LogP contribution in [0.4, 0.5) is 0 Å². The fraction of sp³-hybridized carbons (Fsp3) is 0.929. The second-order valence-corrected chi connectivity index (χ2v) is 5.78. The quantitative estimate of drug-likeness (QED) is 0.730. The first-order valence-electron chi connectivity index (χ1n) is 6.97. The molecule has 0 aliphatic heterocycles. The van der Waals surface area contributed by atoms with Crippen molar-refractivity contribution in [1.82, 2.24) is 4.90 Å². The number of nitrogens with zero attached hydrogens (tertiary/aromatic N) is 1. The van der Waals surface area contributed by atoms with Gasteiger partial charge in [-0.25, -0.2) is 0 Å². The highest BCUT2D eigenvalue weighted by Gasteiger charge is 2.26. The normalized spacial score (nSPS) is 27.9. The Labute approximate surface area is 99.4 Å². The van der Waals surface area contributed by atoms with Crippen molar-refractivity contribution in [2.45, 2.75) is 51.4 Å². The van der Waals surface area contributed by atoms with Crippen molar-refractivity contribution in [1.29, 1.82) is 0 Å². The zero-order chi connectivity index (χ0) is 11.4. The molecule has 2 fully saturated rings. The first-order chi connectivity index (χ1) is 7.75. The molecule has 2 aliphatic rings. The lowest BCUT2D eigenvalue weighted by Gasteiger charge is -2.28. The highest BCUT2D eigenvalue weighted by Crippen LogP contribution is 2.26. The zero-order valence-electron chi connectivity index (χ0n) is 10.6. The molecule has 2 saturated carbocycles. The summed E-state index contributed by atoms with van der Waals surface area (Å²) in [4.78, 5) is 14.0. The fourth-order valence-corrected chi connectivity index (χ4v) is 3.34. The number of ketones is 1. The Morgan fingerprint density at radius 3 is 2.44 bits per heavy atom. The van der Waals surface area contributed by atoms with Crippen LogP contribution in [0.3, 0.4) is 0 Å². The van der Waals surface area contributed by atoms with Crippen LogP contribution in [0.5, 0.6) is 0 Å². The Hall–Kier alpha value is -0.370. The van der Waals surface area contributed by atoms with E-state index in [1.165, 1.54) is 38.6 Å². The Kier molecular flexibility index (Phi) is 4.39. The minimum atomic E-state index is 0.355. The predicted molar refractivity (Wildman–Crippen MR) is 66.4 cm³/mol. The van der Waals surface area contributed by atoms with Crippen LogP contribution in [0.25, 0.3) is 0 Å². The number of Topliss-reactive ketones (excluding diaryl/α,β-unsaturated/α-hetero) is 1. The lowest BCUT2D eigenvalue weighted by atomic mass is 9.89. The third-order valence-corrected chi connectivity index (χ3v) is 4.26.